The minimum atomic E-state index is -0.860. The molecule has 11 heteroatoms. The second-order valence-electron chi connectivity index (χ2n) is 8.41. The number of nitrogens with zero attached hydrogens (tertiary/aromatic N) is 4. The van der Waals surface area contributed by atoms with Crippen LogP contribution < -0.4 is 16.0 Å². The number of amides is 4. The lowest BCUT2D eigenvalue weighted by molar-refractivity contribution is -0.147. The molecule has 1 aromatic rings. The van der Waals surface area contributed by atoms with Gasteiger partial charge in [-0.1, -0.05) is 0 Å². The highest BCUT2D eigenvalue weighted by atomic mass is 16.2. The number of hydrogen-bond donors (Lipinski definition) is 3. The predicted molar refractivity (Wildman–Crippen MR) is 113 cm³/mol. The third-order valence-electron chi connectivity index (χ3n) is 6.33. The van der Waals surface area contributed by atoms with Crippen LogP contribution in [0.1, 0.15) is 36.2 Å². The maximum Gasteiger partial charge on any atom is 0.274 e. The third-order valence-corrected chi connectivity index (χ3v) is 6.33. The van der Waals surface area contributed by atoms with E-state index in [1.165, 1.54) is 23.5 Å². The molecule has 3 fully saturated rings. The molecule has 4 amide bonds. The highest BCUT2D eigenvalue weighted by Gasteiger charge is 2.41. The van der Waals surface area contributed by atoms with Crippen molar-refractivity contribution in [3.8, 4) is 0 Å². The number of piperidine rings is 2. The Kier molecular flexibility index (Phi) is 6.93. The van der Waals surface area contributed by atoms with Crippen molar-refractivity contribution in [2.24, 2.45) is 5.92 Å². The Bertz CT molecular complexity index is 859. The van der Waals surface area contributed by atoms with Crippen LogP contribution in [0, 0.1) is 5.92 Å². The Balaban J connectivity index is 1.51. The van der Waals surface area contributed by atoms with E-state index in [9.17, 15) is 19.2 Å². The quantitative estimate of drug-likeness (QED) is 0.516. The number of carbonyl (C=O) groups is 4. The molecule has 0 aromatic carbocycles. The number of piperazine rings is 1. The molecule has 0 bridgehead atoms. The molecule has 0 unspecified atom stereocenters. The highest BCUT2D eigenvalue weighted by molar-refractivity contribution is 5.95. The van der Waals surface area contributed by atoms with Gasteiger partial charge in [-0.25, -0.2) is 4.98 Å². The van der Waals surface area contributed by atoms with Gasteiger partial charge in [0, 0.05) is 37.9 Å². The summed E-state index contributed by atoms with van der Waals surface area (Å²) in [6, 6.07) is -1.49. The zero-order valence-corrected chi connectivity index (χ0v) is 18.0. The summed E-state index contributed by atoms with van der Waals surface area (Å²) in [5.41, 5.74) is 0.191. The molecular weight excluding hydrogens is 414 g/mol. The van der Waals surface area contributed by atoms with Crippen molar-refractivity contribution in [1.29, 1.82) is 0 Å². The summed E-state index contributed by atoms with van der Waals surface area (Å²) in [5, 5.41) is 8.80. The number of carbonyl (C=O) groups excluding carboxylic acids is 4. The Morgan fingerprint density at radius 3 is 2.59 bits per heavy atom. The number of nitrogens with one attached hydrogen (secondary N) is 3. The van der Waals surface area contributed by atoms with Gasteiger partial charge in [-0.2, -0.15) is 0 Å². The van der Waals surface area contributed by atoms with E-state index in [2.05, 4.69) is 25.9 Å². The van der Waals surface area contributed by atoms with Gasteiger partial charge in [0.2, 0.25) is 17.7 Å². The van der Waals surface area contributed by atoms with Crippen LogP contribution in [0.3, 0.4) is 0 Å². The molecule has 1 aromatic heterocycles. The van der Waals surface area contributed by atoms with Gasteiger partial charge >= 0.3 is 0 Å². The van der Waals surface area contributed by atoms with Crippen molar-refractivity contribution < 1.29 is 19.2 Å². The van der Waals surface area contributed by atoms with Gasteiger partial charge in [0.25, 0.3) is 5.91 Å². The molecule has 2 atom stereocenters. The van der Waals surface area contributed by atoms with Gasteiger partial charge in [0.1, 0.15) is 17.8 Å². The van der Waals surface area contributed by atoms with E-state index < -0.39 is 18.0 Å². The van der Waals surface area contributed by atoms with Crippen LogP contribution in [0.15, 0.2) is 18.6 Å². The number of hydrogen-bond acceptors (Lipinski definition) is 7. The minimum Gasteiger partial charge on any atom is -0.354 e. The Labute approximate surface area is 186 Å². The topological polar surface area (TPSA) is 137 Å². The second kappa shape index (κ2) is 10.0. The fourth-order valence-corrected chi connectivity index (χ4v) is 4.51. The van der Waals surface area contributed by atoms with Crippen molar-refractivity contribution in [1.82, 2.24) is 35.7 Å². The van der Waals surface area contributed by atoms with Crippen LogP contribution in [-0.4, -0.2) is 94.7 Å². The van der Waals surface area contributed by atoms with Gasteiger partial charge < -0.3 is 25.8 Å². The summed E-state index contributed by atoms with van der Waals surface area (Å²) in [7, 11) is 0. The van der Waals surface area contributed by atoms with E-state index in [0.717, 1.165) is 32.4 Å². The van der Waals surface area contributed by atoms with E-state index in [-0.39, 0.29) is 42.4 Å². The van der Waals surface area contributed by atoms with Gasteiger partial charge in [-0.3, -0.25) is 24.2 Å². The van der Waals surface area contributed by atoms with E-state index in [1.54, 1.807) is 4.90 Å². The first-order valence-electron chi connectivity index (χ1n) is 11.2. The largest absolute Gasteiger partial charge is 0.354 e. The average Bonchev–Trinajstić information content (AvgIpc) is 2.85. The summed E-state index contributed by atoms with van der Waals surface area (Å²) in [4.78, 5) is 62.7. The van der Waals surface area contributed by atoms with Crippen molar-refractivity contribution in [2.45, 2.75) is 37.8 Å². The van der Waals surface area contributed by atoms with E-state index in [1.807, 2.05) is 0 Å². The fraction of sp³-hybridized carbons (Fsp3) is 0.619. The minimum absolute atomic E-state index is 0.0479. The van der Waals surface area contributed by atoms with Crippen molar-refractivity contribution >= 4 is 23.6 Å². The Morgan fingerprint density at radius 1 is 1.06 bits per heavy atom. The zero-order chi connectivity index (χ0) is 22.5. The average molecular weight is 444 g/mol. The Morgan fingerprint density at radius 2 is 1.88 bits per heavy atom. The lowest BCUT2D eigenvalue weighted by Crippen LogP contribution is -2.64. The first-order chi connectivity index (χ1) is 15.5. The highest BCUT2D eigenvalue weighted by Crippen LogP contribution is 2.21. The van der Waals surface area contributed by atoms with Crippen LogP contribution >= 0.6 is 0 Å². The summed E-state index contributed by atoms with van der Waals surface area (Å²) < 4.78 is 0. The molecule has 3 N–H and O–H groups in total. The van der Waals surface area contributed by atoms with Gasteiger partial charge in [-0.15, -0.1) is 0 Å². The smallest absolute Gasteiger partial charge is 0.274 e. The van der Waals surface area contributed by atoms with Crippen LogP contribution in [0.2, 0.25) is 0 Å². The molecule has 3 aliphatic rings. The van der Waals surface area contributed by atoms with Crippen LogP contribution in [0.5, 0.6) is 0 Å². The maximum atomic E-state index is 13.3. The fourth-order valence-electron chi connectivity index (χ4n) is 4.51. The standard InChI is InChI=1S/C21H29N7O4/c29-18-15(2-1-5-25-18)26-19(30)17-13-27(21(32)16-12-23-8-9-24-16)10-11-28(17)20(31)14-3-6-22-7-4-14/h8-9,12,14-15,17,22H,1-7,10-11,13H2,(H,25,29)(H,26,30)/t15-,17+/m0/s1. The van der Waals surface area contributed by atoms with Crippen LogP contribution in [0.25, 0.3) is 0 Å². The summed E-state index contributed by atoms with van der Waals surface area (Å²) in [6.07, 6.45) is 7.07. The molecule has 0 aliphatic carbocycles. The lowest BCUT2D eigenvalue weighted by atomic mass is 9.95. The molecule has 0 saturated carbocycles. The Hall–Kier alpha value is -3.08. The van der Waals surface area contributed by atoms with E-state index >= 15 is 0 Å². The molecule has 3 saturated heterocycles. The van der Waals surface area contributed by atoms with Gasteiger partial charge in [-0.05, 0) is 38.8 Å². The van der Waals surface area contributed by atoms with Gasteiger partial charge in [0.15, 0.2) is 0 Å². The first kappa shape index (κ1) is 22.1. The van der Waals surface area contributed by atoms with E-state index in [0.29, 0.717) is 19.5 Å². The predicted octanol–water partition coefficient (Wildman–Crippen LogP) is -1.48. The molecule has 32 heavy (non-hydrogen) atoms. The van der Waals surface area contributed by atoms with Crippen LogP contribution in [0.4, 0.5) is 0 Å². The van der Waals surface area contributed by atoms with Crippen molar-refractivity contribution in [3.63, 3.8) is 0 Å². The monoisotopic (exact) mass is 443 g/mol. The molecule has 0 spiro atoms. The molecule has 4 rings (SSSR count). The molecule has 11 nitrogen and oxygen atoms in total. The number of rotatable bonds is 4. The molecule has 0 radical (unpaired) electrons. The van der Waals surface area contributed by atoms with Crippen molar-refractivity contribution in [3.05, 3.63) is 24.3 Å². The molecule has 172 valence electrons. The summed E-state index contributed by atoms with van der Waals surface area (Å²) in [5.74, 6) is -1.17. The SMILES string of the molecule is O=C1NCCC[C@@H]1NC(=O)[C@H]1CN(C(=O)c2cnccn2)CCN1C(=O)C1CCNCC1. The first-order valence-corrected chi connectivity index (χ1v) is 11.2. The molecule has 4 heterocycles. The maximum absolute atomic E-state index is 13.3. The van der Waals surface area contributed by atoms with Crippen molar-refractivity contribution in [2.75, 3.05) is 39.3 Å². The number of aromatic nitrogens is 2. The third kappa shape index (κ3) is 4.87. The van der Waals surface area contributed by atoms with Gasteiger partial charge in [0.05, 0.1) is 12.7 Å². The second-order valence-corrected chi connectivity index (χ2v) is 8.41. The molecule has 3 aliphatic heterocycles. The normalized spacial score (nSPS) is 24.6. The van der Waals surface area contributed by atoms with Crippen LogP contribution in [-0.2, 0) is 14.4 Å². The molecular formula is C21H29N7O4. The van der Waals surface area contributed by atoms with E-state index in [4.69, 9.17) is 0 Å². The summed E-state index contributed by atoms with van der Waals surface area (Å²) >= 11 is 0. The zero-order valence-electron chi connectivity index (χ0n) is 18.0. The lowest BCUT2D eigenvalue weighted by Gasteiger charge is -2.42. The summed E-state index contributed by atoms with van der Waals surface area (Å²) in [6.45, 7) is 2.73.